The maximum Gasteiger partial charge on any atom is 0.105 e. The second-order valence-corrected chi connectivity index (χ2v) is 7.71. The van der Waals surface area contributed by atoms with Crippen molar-refractivity contribution in [1.29, 1.82) is 0 Å². The zero-order valence-electron chi connectivity index (χ0n) is 17.3. The van der Waals surface area contributed by atoms with Crippen molar-refractivity contribution < 1.29 is 14.3 Å². The van der Waals surface area contributed by atoms with Crippen molar-refractivity contribution in [3.8, 4) is 0 Å². The number of carboxylic acids is 1. The fourth-order valence-electron chi connectivity index (χ4n) is 3.86. The lowest BCUT2D eigenvalue weighted by molar-refractivity contribution is -0.255. The molecule has 0 radical (unpaired) electrons. The summed E-state index contributed by atoms with van der Waals surface area (Å²) in [5, 5.41) is 16.5. The Kier molecular flexibility index (Phi) is 5.72. The van der Waals surface area contributed by atoms with Crippen LogP contribution < -0.4 is 10.4 Å². The minimum atomic E-state index is -1.15. The highest BCUT2D eigenvalue weighted by Gasteiger charge is 2.18. The Labute approximate surface area is 176 Å². The lowest BCUT2D eigenvalue weighted by Crippen LogP contribution is -2.28. The van der Waals surface area contributed by atoms with Crippen LogP contribution in [0.2, 0.25) is 0 Å². The van der Waals surface area contributed by atoms with Crippen molar-refractivity contribution in [2.75, 3.05) is 6.54 Å². The highest BCUT2D eigenvalue weighted by molar-refractivity contribution is 5.97. The molecule has 2 heterocycles. The number of aromatic carboxylic acids is 1. The van der Waals surface area contributed by atoms with Crippen molar-refractivity contribution in [2.45, 2.75) is 33.4 Å². The lowest BCUT2D eigenvalue weighted by Gasteiger charge is -2.14. The third-order valence-electron chi connectivity index (χ3n) is 5.41. The van der Waals surface area contributed by atoms with Crippen molar-refractivity contribution in [2.24, 2.45) is 0 Å². The number of hydrogen-bond donors (Lipinski definition) is 1. The molecule has 5 heteroatoms. The summed E-state index contributed by atoms with van der Waals surface area (Å²) in [5.41, 5.74) is 5.23. The van der Waals surface area contributed by atoms with Gasteiger partial charge in [0.2, 0.25) is 0 Å². The molecule has 154 valence electrons. The Morgan fingerprint density at radius 3 is 2.53 bits per heavy atom. The molecule has 30 heavy (non-hydrogen) atoms. The molecule has 0 saturated carbocycles. The number of furan rings is 1. The topological polar surface area (TPSA) is 70.2 Å². The second kappa shape index (κ2) is 8.59. The van der Waals surface area contributed by atoms with E-state index in [0.29, 0.717) is 19.6 Å². The fraction of sp³-hybridized carbons (Fsp3) is 0.240. The van der Waals surface area contributed by atoms with Crippen LogP contribution in [0.5, 0.6) is 0 Å². The third-order valence-corrected chi connectivity index (χ3v) is 5.41. The van der Waals surface area contributed by atoms with Gasteiger partial charge in [-0.25, -0.2) is 0 Å². The summed E-state index contributed by atoms with van der Waals surface area (Å²) in [6.07, 6.45) is 2.40. The summed E-state index contributed by atoms with van der Waals surface area (Å²) in [4.78, 5) is 12.2. The number of nitrogens with one attached hydrogen (secondary N) is 1. The predicted molar refractivity (Wildman–Crippen MR) is 115 cm³/mol. The van der Waals surface area contributed by atoms with E-state index in [0.717, 1.165) is 39.8 Å². The summed E-state index contributed by atoms with van der Waals surface area (Å²) in [7, 11) is 0. The van der Waals surface area contributed by atoms with Gasteiger partial charge in [0.05, 0.1) is 17.9 Å². The minimum Gasteiger partial charge on any atom is -0.543 e. The number of benzene rings is 2. The van der Waals surface area contributed by atoms with Gasteiger partial charge in [0.1, 0.15) is 5.76 Å². The van der Waals surface area contributed by atoms with Crippen LogP contribution in [0, 0.1) is 13.8 Å². The maximum atomic E-state index is 12.2. The molecule has 0 aliphatic carbocycles. The highest BCUT2D eigenvalue weighted by atomic mass is 16.4. The molecule has 2 aromatic heterocycles. The molecule has 0 atom stereocenters. The van der Waals surface area contributed by atoms with Crippen LogP contribution in [-0.4, -0.2) is 17.1 Å². The average Bonchev–Trinajstić information content (AvgIpc) is 3.33. The molecule has 2 aromatic carbocycles. The number of aryl methyl sites for hydroxylation is 2. The zero-order valence-corrected chi connectivity index (χ0v) is 17.3. The van der Waals surface area contributed by atoms with E-state index in [1.54, 1.807) is 6.26 Å². The monoisotopic (exact) mass is 401 g/mol. The molecular weight excluding hydrogens is 376 g/mol. The predicted octanol–water partition coefficient (Wildman–Crippen LogP) is 3.60. The van der Waals surface area contributed by atoms with E-state index in [9.17, 15) is 9.90 Å². The summed E-state index contributed by atoms with van der Waals surface area (Å²) >= 11 is 0. The Morgan fingerprint density at radius 1 is 1.07 bits per heavy atom. The van der Waals surface area contributed by atoms with Crippen LogP contribution in [-0.2, 0) is 19.5 Å². The van der Waals surface area contributed by atoms with Crippen molar-refractivity contribution in [3.63, 3.8) is 0 Å². The van der Waals surface area contributed by atoms with Gasteiger partial charge in [-0.1, -0.05) is 42.0 Å². The van der Waals surface area contributed by atoms with E-state index < -0.39 is 5.97 Å². The maximum absolute atomic E-state index is 12.2. The van der Waals surface area contributed by atoms with Crippen molar-refractivity contribution in [1.82, 2.24) is 9.88 Å². The van der Waals surface area contributed by atoms with E-state index in [1.165, 1.54) is 5.56 Å². The molecule has 0 spiro atoms. The van der Waals surface area contributed by atoms with E-state index in [2.05, 4.69) is 5.32 Å². The molecule has 1 N–H and O–H groups in total. The van der Waals surface area contributed by atoms with Crippen LogP contribution >= 0.6 is 0 Å². The van der Waals surface area contributed by atoms with E-state index in [-0.39, 0.29) is 5.69 Å². The first-order valence-electron chi connectivity index (χ1n) is 10.1. The first-order valence-corrected chi connectivity index (χ1v) is 10.1. The van der Waals surface area contributed by atoms with Crippen LogP contribution in [0.4, 0.5) is 0 Å². The quantitative estimate of drug-likeness (QED) is 0.458. The molecule has 5 nitrogen and oxygen atoms in total. The Bertz CT molecular complexity index is 1160. The molecule has 0 aliphatic heterocycles. The first-order chi connectivity index (χ1) is 14.5. The van der Waals surface area contributed by atoms with Gasteiger partial charge in [-0.3, -0.25) is 0 Å². The number of nitrogens with zero attached hydrogens (tertiary/aromatic N) is 1. The smallest absolute Gasteiger partial charge is 0.105 e. The van der Waals surface area contributed by atoms with Crippen molar-refractivity contribution in [3.05, 3.63) is 94.6 Å². The van der Waals surface area contributed by atoms with E-state index in [4.69, 9.17) is 4.42 Å². The zero-order chi connectivity index (χ0) is 21.1. The number of carbonyl (C=O) groups excluding carboxylic acids is 1. The SMILES string of the molecule is Cc1ccc(Cn2c(C(=O)[O-])c(CNCCc3ccco3)c3ccc(C)cc32)cc1. The molecule has 0 aliphatic rings. The van der Waals surface area contributed by atoms with Gasteiger partial charge in [-0.2, -0.15) is 0 Å². The van der Waals surface area contributed by atoms with Gasteiger partial charge >= 0.3 is 0 Å². The normalized spacial score (nSPS) is 11.3. The van der Waals surface area contributed by atoms with Crippen LogP contribution in [0.15, 0.2) is 65.3 Å². The standard InChI is InChI=1S/C25H26N2O3/c1-17-5-8-19(9-6-17)16-27-23-14-18(2)7-10-21(23)22(24(27)25(28)29)15-26-12-11-20-4-3-13-30-20/h3-10,13-14,26H,11-12,15-16H2,1-2H3,(H,28,29)/p-1. The van der Waals surface area contributed by atoms with Gasteiger partial charge in [-0.15, -0.1) is 0 Å². The third kappa shape index (κ3) is 4.16. The number of carbonyl (C=O) groups is 1. The summed E-state index contributed by atoms with van der Waals surface area (Å²) in [6.45, 7) is 5.68. The number of rotatable bonds is 8. The van der Waals surface area contributed by atoms with Gasteiger partial charge < -0.3 is 24.2 Å². The molecule has 4 rings (SSSR count). The first kappa shape index (κ1) is 20.0. The number of carboxylic acid groups (broad SMARTS) is 1. The van der Waals surface area contributed by atoms with Crippen LogP contribution in [0.25, 0.3) is 10.9 Å². The van der Waals surface area contributed by atoms with Gasteiger partial charge in [0.15, 0.2) is 0 Å². The second-order valence-electron chi connectivity index (χ2n) is 7.71. The van der Waals surface area contributed by atoms with Crippen molar-refractivity contribution >= 4 is 16.9 Å². The summed E-state index contributed by atoms with van der Waals surface area (Å²) in [5.74, 6) is -0.251. The Balaban J connectivity index is 1.68. The molecule has 0 fully saturated rings. The molecule has 0 unspecified atom stereocenters. The van der Waals surface area contributed by atoms with Gasteiger partial charge in [0, 0.05) is 42.5 Å². The van der Waals surface area contributed by atoms with Crippen LogP contribution in [0.3, 0.4) is 0 Å². The van der Waals surface area contributed by atoms with Crippen LogP contribution in [0.1, 0.15) is 38.5 Å². The number of hydrogen-bond acceptors (Lipinski definition) is 4. The summed E-state index contributed by atoms with van der Waals surface area (Å²) in [6, 6.07) is 18.0. The molecule has 0 saturated heterocycles. The molecule has 0 amide bonds. The Morgan fingerprint density at radius 2 is 1.83 bits per heavy atom. The molecule has 0 bridgehead atoms. The number of fused-ring (bicyclic) bond motifs is 1. The minimum absolute atomic E-state index is 0.238. The Hall–Kier alpha value is -3.31. The average molecular weight is 401 g/mol. The van der Waals surface area contributed by atoms with E-state index in [1.807, 2.05) is 73.0 Å². The van der Waals surface area contributed by atoms with E-state index >= 15 is 0 Å². The lowest BCUT2D eigenvalue weighted by atomic mass is 10.1. The molecular formula is C25H25N2O3-. The number of aromatic nitrogens is 1. The highest BCUT2D eigenvalue weighted by Crippen LogP contribution is 2.28. The van der Waals surface area contributed by atoms with Gasteiger partial charge in [0.25, 0.3) is 0 Å². The fourth-order valence-corrected chi connectivity index (χ4v) is 3.86. The molecule has 4 aromatic rings. The largest absolute Gasteiger partial charge is 0.543 e. The van der Waals surface area contributed by atoms with Gasteiger partial charge in [-0.05, 0) is 43.2 Å². The summed E-state index contributed by atoms with van der Waals surface area (Å²) < 4.78 is 7.23.